The second-order valence-electron chi connectivity index (χ2n) is 5.80. The number of aromatic hydroxyl groups is 1. The molecule has 124 valence electrons. The normalized spacial score (nSPS) is 11.0. The van der Waals surface area contributed by atoms with Gasteiger partial charge in [-0.3, -0.25) is 4.98 Å². The van der Waals surface area contributed by atoms with Crippen molar-refractivity contribution in [1.82, 2.24) is 4.98 Å². The van der Waals surface area contributed by atoms with Crippen LogP contribution in [0, 0.1) is 0 Å². The number of phenolic OH excluding ortho intramolecular Hbond substituents is 1. The fourth-order valence-corrected chi connectivity index (χ4v) is 3.13. The summed E-state index contributed by atoms with van der Waals surface area (Å²) < 4.78 is 10.7. The molecule has 1 aromatic heterocycles. The highest BCUT2D eigenvalue weighted by molar-refractivity contribution is 6.08. The average Bonchev–Trinajstić information content (AvgIpc) is 2.67. The molecular weight excluding hydrogens is 314 g/mol. The molecule has 0 aliphatic heterocycles. The molecule has 0 atom stereocenters. The second-order valence-corrected chi connectivity index (χ2v) is 5.80. The summed E-state index contributed by atoms with van der Waals surface area (Å²) in [6.45, 7) is 0. The van der Waals surface area contributed by atoms with Crippen molar-refractivity contribution in [3.8, 4) is 28.4 Å². The Morgan fingerprint density at radius 1 is 0.760 bits per heavy atom. The summed E-state index contributed by atoms with van der Waals surface area (Å²) in [6, 6.07) is 17.5. The Morgan fingerprint density at radius 3 is 2.36 bits per heavy atom. The summed E-state index contributed by atoms with van der Waals surface area (Å²) in [4.78, 5) is 4.43. The van der Waals surface area contributed by atoms with Gasteiger partial charge >= 0.3 is 0 Å². The van der Waals surface area contributed by atoms with Crippen LogP contribution < -0.4 is 9.47 Å². The van der Waals surface area contributed by atoms with Gasteiger partial charge in [-0.15, -0.1) is 0 Å². The summed E-state index contributed by atoms with van der Waals surface area (Å²) in [5.41, 5.74) is 2.75. The predicted molar refractivity (Wildman–Crippen MR) is 99.5 cm³/mol. The Labute approximate surface area is 145 Å². The van der Waals surface area contributed by atoms with Gasteiger partial charge in [-0.2, -0.15) is 0 Å². The number of benzene rings is 3. The topological polar surface area (TPSA) is 51.6 Å². The molecule has 1 heterocycles. The van der Waals surface area contributed by atoms with Crippen molar-refractivity contribution in [2.24, 2.45) is 0 Å². The predicted octanol–water partition coefficient (Wildman–Crippen LogP) is 4.78. The largest absolute Gasteiger partial charge is 0.507 e. The Morgan fingerprint density at radius 2 is 1.56 bits per heavy atom. The van der Waals surface area contributed by atoms with Gasteiger partial charge in [0.1, 0.15) is 5.75 Å². The Hall–Kier alpha value is -3.27. The van der Waals surface area contributed by atoms with Crippen molar-refractivity contribution < 1.29 is 14.6 Å². The lowest BCUT2D eigenvalue weighted by Crippen LogP contribution is -1.91. The molecule has 4 rings (SSSR count). The lowest BCUT2D eigenvalue weighted by molar-refractivity contribution is 0.355. The number of methoxy groups -OCH3 is 2. The third-order valence-corrected chi connectivity index (χ3v) is 4.40. The molecule has 0 saturated carbocycles. The summed E-state index contributed by atoms with van der Waals surface area (Å²) in [5.74, 6) is 1.53. The third kappa shape index (κ3) is 2.52. The minimum absolute atomic E-state index is 0.209. The van der Waals surface area contributed by atoms with Crippen LogP contribution in [0.3, 0.4) is 0 Å². The first-order valence-corrected chi connectivity index (χ1v) is 7.94. The maximum Gasteiger partial charge on any atom is 0.161 e. The van der Waals surface area contributed by atoms with Gasteiger partial charge in [-0.1, -0.05) is 24.3 Å². The quantitative estimate of drug-likeness (QED) is 0.549. The molecule has 0 amide bonds. The molecule has 4 aromatic rings. The van der Waals surface area contributed by atoms with E-state index in [0.29, 0.717) is 11.5 Å². The average molecular weight is 331 g/mol. The highest BCUT2D eigenvalue weighted by atomic mass is 16.5. The van der Waals surface area contributed by atoms with Gasteiger partial charge in [0, 0.05) is 17.0 Å². The van der Waals surface area contributed by atoms with E-state index in [-0.39, 0.29) is 5.75 Å². The number of hydrogen-bond acceptors (Lipinski definition) is 4. The Bertz CT molecular complexity index is 1090. The number of rotatable bonds is 3. The molecule has 4 nitrogen and oxygen atoms in total. The van der Waals surface area contributed by atoms with E-state index in [9.17, 15) is 5.11 Å². The van der Waals surface area contributed by atoms with Crippen molar-refractivity contribution in [1.29, 1.82) is 0 Å². The standard InChI is InChI=1S/C21H17NO3/c1-24-20-8-7-13(11-21(20)25-2)14-9-16-15-5-3-4-6-18(15)22-12-17(16)19(23)10-14/h3-12,23H,1-2H3. The van der Waals surface area contributed by atoms with Gasteiger partial charge < -0.3 is 14.6 Å². The van der Waals surface area contributed by atoms with Crippen molar-refractivity contribution >= 4 is 21.7 Å². The van der Waals surface area contributed by atoms with Crippen molar-refractivity contribution in [3.05, 3.63) is 60.8 Å². The van der Waals surface area contributed by atoms with Crippen LogP contribution in [0.5, 0.6) is 17.2 Å². The zero-order chi connectivity index (χ0) is 17.4. The molecule has 0 bridgehead atoms. The number of aromatic nitrogens is 1. The number of hydrogen-bond donors (Lipinski definition) is 1. The minimum atomic E-state index is 0.209. The summed E-state index contributed by atoms with van der Waals surface area (Å²) in [7, 11) is 3.22. The number of para-hydroxylation sites is 1. The molecule has 0 fully saturated rings. The number of fused-ring (bicyclic) bond motifs is 3. The molecule has 0 saturated heterocycles. The first-order valence-electron chi connectivity index (χ1n) is 7.94. The highest BCUT2D eigenvalue weighted by Gasteiger charge is 2.11. The molecule has 0 aliphatic rings. The lowest BCUT2D eigenvalue weighted by Gasteiger charge is -2.12. The van der Waals surface area contributed by atoms with E-state index in [4.69, 9.17) is 9.47 Å². The van der Waals surface area contributed by atoms with E-state index in [1.165, 1.54) is 0 Å². The van der Waals surface area contributed by atoms with Crippen molar-refractivity contribution in [3.63, 3.8) is 0 Å². The molecular formula is C21H17NO3. The molecule has 3 aromatic carbocycles. The lowest BCUT2D eigenvalue weighted by atomic mass is 9.98. The molecule has 0 aliphatic carbocycles. The van der Waals surface area contributed by atoms with Crippen LogP contribution in [0.2, 0.25) is 0 Å². The van der Waals surface area contributed by atoms with E-state index in [2.05, 4.69) is 11.1 Å². The first-order chi connectivity index (χ1) is 12.2. The van der Waals surface area contributed by atoms with Crippen molar-refractivity contribution in [2.75, 3.05) is 14.2 Å². The van der Waals surface area contributed by atoms with Gasteiger partial charge in [0.15, 0.2) is 11.5 Å². The fraction of sp³-hybridized carbons (Fsp3) is 0.0952. The SMILES string of the molecule is COc1ccc(-c2cc(O)c3cnc4ccccc4c3c2)cc1OC. The van der Waals surface area contributed by atoms with E-state index in [0.717, 1.165) is 32.8 Å². The van der Waals surface area contributed by atoms with Crippen LogP contribution in [0.25, 0.3) is 32.8 Å². The van der Waals surface area contributed by atoms with Crippen LogP contribution in [0.15, 0.2) is 60.8 Å². The van der Waals surface area contributed by atoms with Gasteiger partial charge in [-0.25, -0.2) is 0 Å². The van der Waals surface area contributed by atoms with Crippen LogP contribution >= 0.6 is 0 Å². The minimum Gasteiger partial charge on any atom is -0.507 e. The van der Waals surface area contributed by atoms with Gasteiger partial charge in [0.2, 0.25) is 0 Å². The van der Waals surface area contributed by atoms with E-state index >= 15 is 0 Å². The highest BCUT2D eigenvalue weighted by Crippen LogP contribution is 2.37. The van der Waals surface area contributed by atoms with Crippen LogP contribution in [-0.2, 0) is 0 Å². The smallest absolute Gasteiger partial charge is 0.161 e. The van der Waals surface area contributed by atoms with E-state index < -0.39 is 0 Å². The maximum absolute atomic E-state index is 10.5. The third-order valence-electron chi connectivity index (χ3n) is 4.40. The van der Waals surface area contributed by atoms with Crippen LogP contribution in [-0.4, -0.2) is 24.3 Å². The summed E-state index contributed by atoms with van der Waals surface area (Å²) >= 11 is 0. The molecule has 0 radical (unpaired) electrons. The van der Waals surface area contributed by atoms with Crippen molar-refractivity contribution in [2.45, 2.75) is 0 Å². The number of pyridine rings is 1. The zero-order valence-corrected chi connectivity index (χ0v) is 14.0. The molecule has 0 unspecified atom stereocenters. The first kappa shape index (κ1) is 15.3. The number of ether oxygens (including phenoxy) is 2. The van der Waals surface area contributed by atoms with Crippen LogP contribution in [0.1, 0.15) is 0 Å². The Kier molecular flexibility index (Phi) is 3.65. The monoisotopic (exact) mass is 331 g/mol. The van der Waals surface area contributed by atoms with E-state index in [1.807, 2.05) is 42.5 Å². The molecule has 0 spiro atoms. The van der Waals surface area contributed by atoms with Crippen LogP contribution in [0.4, 0.5) is 0 Å². The van der Waals surface area contributed by atoms with E-state index in [1.54, 1.807) is 26.5 Å². The number of phenols is 1. The second kappa shape index (κ2) is 5.98. The zero-order valence-electron chi connectivity index (χ0n) is 14.0. The molecule has 25 heavy (non-hydrogen) atoms. The fourth-order valence-electron chi connectivity index (χ4n) is 3.13. The summed E-state index contributed by atoms with van der Waals surface area (Å²) in [5, 5.41) is 13.2. The Balaban J connectivity index is 1.98. The van der Waals surface area contributed by atoms with Gasteiger partial charge in [-0.05, 0) is 46.8 Å². The number of nitrogens with zero attached hydrogens (tertiary/aromatic N) is 1. The summed E-state index contributed by atoms with van der Waals surface area (Å²) in [6.07, 6.45) is 1.71. The van der Waals surface area contributed by atoms with Gasteiger partial charge in [0.05, 0.1) is 19.7 Å². The molecule has 1 N–H and O–H groups in total. The molecule has 4 heteroatoms. The van der Waals surface area contributed by atoms with Gasteiger partial charge in [0.25, 0.3) is 0 Å². The maximum atomic E-state index is 10.5.